The maximum atomic E-state index is 11.8. The van der Waals surface area contributed by atoms with Crippen LogP contribution in [0.3, 0.4) is 0 Å². The van der Waals surface area contributed by atoms with Gasteiger partial charge in [-0.25, -0.2) is 0 Å². The number of carbonyl (C=O) groups is 2. The maximum Gasteiger partial charge on any atom is 0.323 e. The number of likely N-dealkylation sites (N-methyl/N-ethyl adjacent to an activating group) is 1. The van der Waals surface area contributed by atoms with Gasteiger partial charge in [0, 0.05) is 0 Å². The highest BCUT2D eigenvalue weighted by molar-refractivity contribution is 7.98. The number of nitrogens with zero attached hydrogens (tertiary/aromatic N) is 1. The summed E-state index contributed by atoms with van der Waals surface area (Å²) < 4.78 is 5.75. The first-order chi connectivity index (χ1) is 8.65. The van der Waals surface area contributed by atoms with E-state index in [1.165, 1.54) is 0 Å². The Morgan fingerprint density at radius 1 is 1.33 bits per heavy atom. The smallest absolute Gasteiger partial charge is 0.323 e. The SMILES string of the molecule is CSCC[C@@H](N)C(=O)O[C@H](CC(=O)O)C[N+](C)(C)C.Cl.[Cl-]. The fraction of sp³-hybridized carbons (Fsp3) is 0.833. The molecule has 0 saturated carbocycles. The van der Waals surface area contributed by atoms with Gasteiger partial charge < -0.3 is 32.5 Å². The first-order valence-corrected chi connectivity index (χ1v) is 7.52. The summed E-state index contributed by atoms with van der Waals surface area (Å²) in [6.45, 7) is 0.438. The lowest BCUT2D eigenvalue weighted by Gasteiger charge is -2.28. The number of aliphatic carboxylic acids is 1. The van der Waals surface area contributed by atoms with Crippen LogP contribution in [0.1, 0.15) is 12.8 Å². The van der Waals surface area contributed by atoms with Crippen LogP contribution < -0.4 is 18.1 Å². The highest BCUT2D eigenvalue weighted by Crippen LogP contribution is 2.08. The zero-order valence-corrected chi connectivity index (χ0v) is 15.3. The topological polar surface area (TPSA) is 89.6 Å². The molecule has 0 heterocycles. The third-order valence-corrected chi connectivity index (χ3v) is 3.02. The molecule has 0 aromatic rings. The molecule has 0 fully saturated rings. The average Bonchev–Trinajstić information content (AvgIpc) is 2.22. The summed E-state index contributed by atoms with van der Waals surface area (Å²) in [5, 5.41) is 8.84. The fourth-order valence-electron chi connectivity index (χ4n) is 1.56. The molecule has 0 spiro atoms. The predicted octanol–water partition coefficient (Wildman–Crippen LogP) is -2.41. The number of nitrogens with two attached hydrogens (primary N) is 1. The summed E-state index contributed by atoms with van der Waals surface area (Å²) in [7, 11) is 5.74. The zero-order chi connectivity index (χ0) is 15.1. The number of carboxylic acid groups (broad SMARTS) is 1. The summed E-state index contributed by atoms with van der Waals surface area (Å²) in [5.74, 6) is -0.729. The number of halogens is 2. The van der Waals surface area contributed by atoms with Crippen molar-refractivity contribution in [3.63, 3.8) is 0 Å². The molecular weight excluding hydrogens is 339 g/mol. The van der Waals surface area contributed by atoms with Gasteiger partial charge in [-0.1, -0.05) is 0 Å². The summed E-state index contributed by atoms with van der Waals surface area (Å²) >= 11 is 1.60. The van der Waals surface area contributed by atoms with Gasteiger partial charge in [-0.3, -0.25) is 9.59 Å². The summed E-state index contributed by atoms with van der Waals surface area (Å²) in [6, 6.07) is -0.684. The van der Waals surface area contributed by atoms with E-state index in [1.54, 1.807) is 11.8 Å². The van der Waals surface area contributed by atoms with Crippen LogP contribution in [-0.4, -0.2) is 73.4 Å². The van der Waals surface area contributed by atoms with E-state index < -0.39 is 24.1 Å². The van der Waals surface area contributed by atoms with E-state index in [-0.39, 0.29) is 31.2 Å². The Balaban J connectivity index is -0.00000162. The second-order valence-electron chi connectivity index (χ2n) is 5.52. The Morgan fingerprint density at radius 3 is 2.24 bits per heavy atom. The minimum atomic E-state index is -0.982. The van der Waals surface area contributed by atoms with Crippen molar-refractivity contribution in [1.82, 2.24) is 0 Å². The van der Waals surface area contributed by atoms with Gasteiger partial charge >= 0.3 is 11.9 Å². The molecule has 21 heavy (non-hydrogen) atoms. The van der Waals surface area contributed by atoms with Gasteiger partial charge in [0.2, 0.25) is 0 Å². The Kier molecular flexibility index (Phi) is 15.1. The van der Waals surface area contributed by atoms with Crippen molar-refractivity contribution in [3.05, 3.63) is 0 Å². The first kappa shape index (κ1) is 25.7. The number of hydrogen-bond donors (Lipinski definition) is 2. The molecule has 0 aromatic heterocycles. The van der Waals surface area contributed by atoms with Crippen LogP contribution >= 0.6 is 24.2 Å². The quantitative estimate of drug-likeness (QED) is 0.349. The first-order valence-electron chi connectivity index (χ1n) is 6.13. The molecule has 0 amide bonds. The number of hydrogen-bond acceptors (Lipinski definition) is 5. The van der Waals surface area contributed by atoms with Crippen LogP contribution in [0.25, 0.3) is 0 Å². The zero-order valence-electron chi connectivity index (χ0n) is 12.9. The molecular formula is C12H26Cl2N2O4S. The number of carboxylic acids is 1. The van der Waals surface area contributed by atoms with Gasteiger partial charge in [0.05, 0.1) is 27.6 Å². The van der Waals surface area contributed by atoms with Crippen molar-refractivity contribution in [3.8, 4) is 0 Å². The average molecular weight is 365 g/mol. The van der Waals surface area contributed by atoms with Crippen molar-refractivity contribution < 1.29 is 36.3 Å². The van der Waals surface area contributed by atoms with Crippen LogP contribution in [0.5, 0.6) is 0 Å². The van der Waals surface area contributed by atoms with E-state index in [2.05, 4.69) is 0 Å². The normalized spacial score (nSPS) is 13.4. The molecule has 0 aliphatic carbocycles. The number of ether oxygens (including phenoxy) is 1. The van der Waals surface area contributed by atoms with E-state index in [9.17, 15) is 9.59 Å². The predicted molar refractivity (Wildman–Crippen MR) is 83.3 cm³/mol. The molecule has 0 rings (SSSR count). The van der Waals surface area contributed by atoms with Crippen molar-refractivity contribution in [2.75, 3.05) is 39.7 Å². The Bertz CT molecular complexity index is 314. The number of carbonyl (C=O) groups excluding carboxylic acids is 1. The van der Waals surface area contributed by atoms with Crippen molar-refractivity contribution in [2.45, 2.75) is 25.0 Å². The van der Waals surface area contributed by atoms with Crippen LogP contribution in [0.4, 0.5) is 0 Å². The minimum absolute atomic E-state index is 0. The molecule has 9 heteroatoms. The van der Waals surface area contributed by atoms with E-state index in [0.717, 1.165) is 5.75 Å². The number of quaternary nitrogens is 1. The maximum absolute atomic E-state index is 11.8. The van der Waals surface area contributed by atoms with Crippen molar-refractivity contribution >= 4 is 36.1 Å². The van der Waals surface area contributed by atoms with Gasteiger partial charge in [0.1, 0.15) is 12.6 Å². The second-order valence-corrected chi connectivity index (χ2v) is 6.50. The van der Waals surface area contributed by atoms with E-state index >= 15 is 0 Å². The highest BCUT2D eigenvalue weighted by atomic mass is 35.5. The molecule has 0 unspecified atom stereocenters. The Morgan fingerprint density at radius 2 is 1.86 bits per heavy atom. The number of thioether (sulfide) groups is 1. The standard InChI is InChI=1S/C12H24N2O4S.2ClH/c1-14(2,3)8-9(7-11(15)16)18-12(17)10(13)5-6-19-4;;/h9-10H,5-8,13H2,1-4H3;2*1H/t9-,10-;;/m1../s1. The number of esters is 1. The van der Waals surface area contributed by atoms with Crippen LogP contribution in [0, 0.1) is 0 Å². The lowest BCUT2D eigenvalue weighted by Crippen LogP contribution is -3.00. The van der Waals surface area contributed by atoms with Crippen LogP contribution in [-0.2, 0) is 14.3 Å². The Labute approximate surface area is 143 Å². The molecule has 2 atom stereocenters. The van der Waals surface area contributed by atoms with E-state index in [1.807, 2.05) is 27.4 Å². The molecule has 0 aliphatic heterocycles. The molecule has 0 aliphatic rings. The van der Waals surface area contributed by atoms with Crippen molar-refractivity contribution in [2.24, 2.45) is 5.73 Å². The highest BCUT2D eigenvalue weighted by Gasteiger charge is 2.26. The largest absolute Gasteiger partial charge is 1.00 e. The second kappa shape index (κ2) is 12.3. The summed E-state index contributed by atoms with van der Waals surface area (Å²) in [5.41, 5.74) is 5.71. The molecule has 6 nitrogen and oxygen atoms in total. The third kappa shape index (κ3) is 14.5. The van der Waals surface area contributed by atoms with Gasteiger partial charge in [-0.05, 0) is 18.4 Å². The molecule has 0 saturated heterocycles. The third-order valence-electron chi connectivity index (χ3n) is 2.37. The molecule has 0 bridgehead atoms. The summed E-state index contributed by atoms with van der Waals surface area (Å²) in [6.07, 6.45) is 1.62. The van der Waals surface area contributed by atoms with E-state index in [0.29, 0.717) is 17.4 Å². The fourth-order valence-corrected chi connectivity index (χ4v) is 2.05. The Hall–Kier alpha value is -0.210. The molecule has 128 valence electrons. The molecule has 0 radical (unpaired) electrons. The van der Waals surface area contributed by atoms with Gasteiger partial charge in [0.15, 0.2) is 6.10 Å². The van der Waals surface area contributed by atoms with Crippen LogP contribution in [0.2, 0.25) is 0 Å². The van der Waals surface area contributed by atoms with E-state index in [4.69, 9.17) is 15.6 Å². The monoisotopic (exact) mass is 364 g/mol. The van der Waals surface area contributed by atoms with Crippen molar-refractivity contribution in [1.29, 1.82) is 0 Å². The number of rotatable bonds is 9. The van der Waals surface area contributed by atoms with Gasteiger partial charge in [-0.15, -0.1) is 12.4 Å². The van der Waals surface area contributed by atoms with Crippen LogP contribution in [0.15, 0.2) is 0 Å². The lowest BCUT2D eigenvalue weighted by atomic mass is 10.2. The molecule has 3 N–H and O–H groups in total. The lowest BCUT2D eigenvalue weighted by molar-refractivity contribution is -0.873. The molecule has 0 aromatic carbocycles. The minimum Gasteiger partial charge on any atom is -1.00 e. The van der Waals surface area contributed by atoms with Gasteiger partial charge in [0.25, 0.3) is 0 Å². The summed E-state index contributed by atoms with van der Waals surface area (Å²) in [4.78, 5) is 22.6. The van der Waals surface area contributed by atoms with Gasteiger partial charge in [-0.2, -0.15) is 11.8 Å².